The highest BCUT2D eigenvalue weighted by molar-refractivity contribution is 7.90. The van der Waals surface area contributed by atoms with Crippen molar-refractivity contribution in [2.45, 2.75) is 30.2 Å². The molecule has 3 rings (SSSR count). The van der Waals surface area contributed by atoms with E-state index in [1.165, 1.54) is 12.1 Å². The van der Waals surface area contributed by atoms with Crippen LogP contribution < -0.4 is 5.73 Å². The van der Waals surface area contributed by atoms with E-state index in [1.54, 1.807) is 12.1 Å². The van der Waals surface area contributed by atoms with Crippen LogP contribution in [-0.2, 0) is 9.84 Å². The average molecular weight is 322 g/mol. The standard InChI is InChI=1S/C16H22N2O3S/c1-22(20,21)13-7-5-11(6-8-13)16(19)18-9-12-3-2-4-15(17)14(12)10-18/h5-8,12,14-15H,2-4,9-10,17H2,1H3. The summed E-state index contributed by atoms with van der Waals surface area (Å²) in [7, 11) is -3.23. The number of nitrogens with two attached hydrogens (primary N) is 1. The zero-order valence-corrected chi connectivity index (χ0v) is 13.6. The number of hydrogen-bond donors (Lipinski definition) is 1. The van der Waals surface area contributed by atoms with Crippen LogP contribution in [0, 0.1) is 11.8 Å². The van der Waals surface area contributed by atoms with Crippen molar-refractivity contribution in [1.82, 2.24) is 4.90 Å². The third-order valence-corrected chi connectivity index (χ3v) is 6.10. The van der Waals surface area contributed by atoms with Gasteiger partial charge in [0, 0.05) is 31.0 Å². The molecule has 1 saturated heterocycles. The number of likely N-dealkylation sites (tertiary alicyclic amines) is 1. The van der Waals surface area contributed by atoms with Crippen molar-refractivity contribution >= 4 is 15.7 Å². The second kappa shape index (κ2) is 5.66. The highest BCUT2D eigenvalue weighted by atomic mass is 32.2. The Kier molecular flexibility index (Phi) is 3.99. The number of hydrogen-bond acceptors (Lipinski definition) is 4. The van der Waals surface area contributed by atoms with Crippen LogP contribution in [0.4, 0.5) is 0 Å². The molecule has 1 aliphatic heterocycles. The van der Waals surface area contributed by atoms with Crippen LogP contribution in [0.1, 0.15) is 29.6 Å². The van der Waals surface area contributed by atoms with Gasteiger partial charge in [-0.2, -0.15) is 0 Å². The van der Waals surface area contributed by atoms with Crippen LogP contribution in [-0.4, -0.2) is 44.6 Å². The molecule has 3 unspecified atom stereocenters. The van der Waals surface area contributed by atoms with Gasteiger partial charge in [-0.1, -0.05) is 6.42 Å². The fourth-order valence-electron chi connectivity index (χ4n) is 3.71. The molecule has 3 atom stereocenters. The molecule has 1 aromatic carbocycles. The molecule has 0 aromatic heterocycles. The molecule has 0 bridgehead atoms. The largest absolute Gasteiger partial charge is 0.338 e. The van der Waals surface area contributed by atoms with E-state index in [0.717, 1.165) is 38.6 Å². The SMILES string of the molecule is CS(=O)(=O)c1ccc(C(=O)N2CC3CCCC(N)C3C2)cc1. The Morgan fingerprint density at radius 3 is 2.45 bits per heavy atom. The van der Waals surface area contributed by atoms with Gasteiger partial charge < -0.3 is 10.6 Å². The summed E-state index contributed by atoms with van der Waals surface area (Å²) in [6, 6.07) is 6.39. The lowest BCUT2D eigenvalue weighted by Crippen LogP contribution is -2.38. The lowest BCUT2D eigenvalue weighted by Gasteiger charge is -2.29. The fraction of sp³-hybridized carbons (Fsp3) is 0.562. The molecule has 22 heavy (non-hydrogen) atoms. The van der Waals surface area contributed by atoms with Gasteiger partial charge in [-0.3, -0.25) is 4.79 Å². The minimum absolute atomic E-state index is 0.0262. The zero-order valence-electron chi connectivity index (χ0n) is 12.7. The van der Waals surface area contributed by atoms with Crippen molar-refractivity contribution in [3.8, 4) is 0 Å². The van der Waals surface area contributed by atoms with Crippen LogP contribution in [0.15, 0.2) is 29.2 Å². The quantitative estimate of drug-likeness (QED) is 0.889. The zero-order chi connectivity index (χ0) is 15.9. The van der Waals surface area contributed by atoms with Crippen molar-refractivity contribution in [2.24, 2.45) is 17.6 Å². The highest BCUT2D eigenvalue weighted by Gasteiger charge is 2.40. The van der Waals surface area contributed by atoms with Crippen LogP contribution in [0.25, 0.3) is 0 Å². The Hall–Kier alpha value is -1.40. The molecular weight excluding hydrogens is 300 g/mol. The Labute approximate surface area is 131 Å². The molecule has 1 aliphatic carbocycles. The van der Waals surface area contributed by atoms with Gasteiger partial charge in [0.15, 0.2) is 9.84 Å². The molecule has 5 nitrogen and oxygen atoms in total. The normalized spacial score (nSPS) is 28.5. The van der Waals surface area contributed by atoms with Gasteiger partial charge in [0.1, 0.15) is 0 Å². The van der Waals surface area contributed by atoms with Crippen molar-refractivity contribution in [3.05, 3.63) is 29.8 Å². The fourth-order valence-corrected chi connectivity index (χ4v) is 4.34. The first-order valence-electron chi connectivity index (χ1n) is 7.71. The van der Waals surface area contributed by atoms with Gasteiger partial charge in [-0.15, -0.1) is 0 Å². The van der Waals surface area contributed by atoms with E-state index in [-0.39, 0.29) is 16.8 Å². The minimum Gasteiger partial charge on any atom is -0.338 e. The smallest absolute Gasteiger partial charge is 0.253 e. The number of nitrogens with zero attached hydrogens (tertiary/aromatic N) is 1. The van der Waals surface area contributed by atoms with Gasteiger partial charge >= 0.3 is 0 Å². The molecule has 2 aliphatic rings. The number of fused-ring (bicyclic) bond motifs is 1. The first-order valence-corrected chi connectivity index (χ1v) is 9.60. The predicted octanol–water partition coefficient (Wildman–Crippen LogP) is 1.29. The Balaban J connectivity index is 1.75. The van der Waals surface area contributed by atoms with E-state index >= 15 is 0 Å². The molecular formula is C16H22N2O3S. The Morgan fingerprint density at radius 1 is 1.18 bits per heavy atom. The summed E-state index contributed by atoms with van der Waals surface area (Å²) in [6.45, 7) is 1.49. The second-order valence-electron chi connectivity index (χ2n) is 6.53. The van der Waals surface area contributed by atoms with Crippen LogP contribution >= 0.6 is 0 Å². The van der Waals surface area contributed by atoms with E-state index in [2.05, 4.69) is 0 Å². The van der Waals surface area contributed by atoms with E-state index < -0.39 is 9.84 Å². The van der Waals surface area contributed by atoms with E-state index in [0.29, 0.717) is 17.4 Å². The van der Waals surface area contributed by atoms with Crippen LogP contribution in [0.2, 0.25) is 0 Å². The first kappa shape index (κ1) is 15.5. The van der Waals surface area contributed by atoms with Crippen molar-refractivity contribution < 1.29 is 13.2 Å². The summed E-state index contributed by atoms with van der Waals surface area (Å²) in [5.74, 6) is 0.901. The predicted molar refractivity (Wildman–Crippen MR) is 84.3 cm³/mol. The Morgan fingerprint density at radius 2 is 1.86 bits per heavy atom. The molecule has 2 N–H and O–H groups in total. The third-order valence-electron chi connectivity index (χ3n) is 4.97. The molecule has 0 radical (unpaired) electrons. The highest BCUT2D eigenvalue weighted by Crippen LogP contribution is 2.36. The molecule has 1 aromatic rings. The number of sulfone groups is 1. The van der Waals surface area contributed by atoms with Crippen LogP contribution in [0.5, 0.6) is 0 Å². The van der Waals surface area contributed by atoms with Crippen molar-refractivity contribution in [2.75, 3.05) is 19.3 Å². The van der Waals surface area contributed by atoms with Crippen LogP contribution in [0.3, 0.4) is 0 Å². The lowest BCUT2D eigenvalue weighted by atomic mass is 9.78. The van der Waals surface area contributed by atoms with Gasteiger partial charge in [0.25, 0.3) is 5.91 Å². The lowest BCUT2D eigenvalue weighted by molar-refractivity contribution is 0.0783. The van der Waals surface area contributed by atoms with Crippen molar-refractivity contribution in [3.63, 3.8) is 0 Å². The van der Waals surface area contributed by atoms with Crippen molar-refractivity contribution in [1.29, 1.82) is 0 Å². The summed E-state index contributed by atoms with van der Waals surface area (Å²) in [5, 5.41) is 0. The summed E-state index contributed by atoms with van der Waals surface area (Å²) in [6.07, 6.45) is 4.51. The molecule has 2 fully saturated rings. The van der Waals surface area contributed by atoms with E-state index in [1.807, 2.05) is 4.90 Å². The summed E-state index contributed by atoms with van der Waals surface area (Å²) >= 11 is 0. The third kappa shape index (κ3) is 2.90. The maximum absolute atomic E-state index is 12.6. The van der Waals surface area contributed by atoms with E-state index in [4.69, 9.17) is 5.73 Å². The number of carbonyl (C=O) groups is 1. The first-order chi connectivity index (χ1) is 10.4. The van der Waals surface area contributed by atoms with E-state index in [9.17, 15) is 13.2 Å². The number of carbonyl (C=O) groups excluding carboxylic acids is 1. The summed E-state index contributed by atoms with van der Waals surface area (Å²) in [4.78, 5) is 14.7. The summed E-state index contributed by atoms with van der Waals surface area (Å²) < 4.78 is 22.9. The van der Waals surface area contributed by atoms with Gasteiger partial charge in [0.05, 0.1) is 4.90 Å². The molecule has 120 valence electrons. The Bertz CT molecular complexity index is 669. The van der Waals surface area contributed by atoms with Gasteiger partial charge in [-0.05, 0) is 48.9 Å². The van der Waals surface area contributed by atoms with Gasteiger partial charge in [-0.25, -0.2) is 8.42 Å². The number of rotatable bonds is 2. The maximum Gasteiger partial charge on any atom is 0.253 e. The topological polar surface area (TPSA) is 80.5 Å². The molecule has 1 amide bonds. The summed E-state index contributed by atoms with van der Waals surface area (Å²) in [5.41, 5.74) is 6.73. The molecule has 1 saturated carbocycles. The average Bonchev–Trinajstić information content (AvgIpc) is 2.91. The molecule has 1 heterocycles. The minimum atomic E-state index is -3.23. The van der Waals surface area contributed by atoms with Gasteiger partial charge in [0.2, 0.25) is 0 Å². The number of amides is 1. The molecule has 6 heteroatoms. The molecule has 0 spiro atoms. The maximum atomic E-state index is 12.6. The monoisotopic (exact) mass is 322 g/mol. The second-order valence-corrected chi connectivity index (χ2v) is 8.54. The number of benzene rings is 1.